The molecular weight excluding hydrogens is 284 g/mol. The van der Waals surface area contributed by atoms with Crippen LogP contribution >= 0.6 is 0 Å². The van der Waals surface area contributed by atoms with Crippen LogP contribution in [0.1, 0.15) is 12.0 Å². The van der Waals surface area contributed by atoms with Gasteiger partial charge in [0.15, 0.2) is 0 Å². The second-order valence-corrected chi connectivity index (χ2v) is 5.96. The van der Waals surface area contributed by atoms with Gasteiger partial charge < -0.3 is 16.2 Å². The molecule has 5 N–H and O–H groups in total. The maximum Gasteiger partial charge on any atom is 0.294 e. The Kier molecular flexibility index (Phi) is 5.63. The van der Waals surface area contributed by atoms with Gasteiger partial charge in [-0.15, -0.1) is 0 Å². The van der Waals surface area contributed by atoms with Crippen LogP contribution in [0.5, 0.6) is 0 Å². The third kappa shape index (κ3) is 5.25. The summed E-state index contributed by atoms with van der Waals surface area (Å²) in [6, 6.07) is 5.67. The molecule has 0 aliphatic carbocycles. The van der Waals surface area contributed by atoms with Gasteiger partial charge in [-0.05, 0) is 25.5 Å². The molecular formula is C12H18N2O5S. The molecule has 1 aliphatic rings. The third-order valence-corrected chi connectivity index (χ3v) is 3.64. The highest BCUT2D eigenvalue weighted by Crippen LogP contribution is 2.08. The molecule has 1 aromatic rings. The average Bonchev–Trinajstić information content (AvgIpc) is 2.76. The van der Waals surface area contributed by atoms with Crippen LogP contribution in [0, 0.1) is 6.92 Å². The number of nitrogens with one attached hydrogen (secondary N) is 1. The summed E-state index contributed by atoms with van der Waals surface area (Å²) < 4.78 is 29.6. The number of hydrogen-bond acceptors (Lipinski definition) is 5. The van der Waals surface area contributed by atoms with E-state index in [1.165, 1.54) is 12.1 Å². The minimum atomic E-state index is -4.02. The molecule has 0 radical (unpaired) electrons. The van der Waals surface area contributed by atoms with Gasteiger partial charge in [0, 0.05) is 6.54 Å². The number of hydrogen-bond donors (Lipinski definition) is 4. The number of nitrogens with two attached hydrogens (primary N) is 1. The highest BCUT2D eigenvalue weighted by Gasteiger charge is 2.25. The fraction of sp³-hybridized carbons (Fsp3) is 0.417. The first-order chi connectivity index (χ1) is 9.20. The summed E-state index contributed by atoms with van der Waals surface area (Å²) in [7, 11) is -4.02. The van der Waals surface area contributed by atoms with Crippen LogP contribution in [0.3, 0.4) is 0 Å². The molecule has 1 heterocycles. The quantitative estimate of drug-likeness (QED) is 0.542. The highest BCUT2D eigenvalue weighted by atomic mass is 32.2. The summed E-state index contributed by atoms with van der Waals surface area (Å²) in [6.45, 7) is 2.32. The molecule has 1 saturated heterocycles. The van der Waals surface area contributed by atoms with Gasteiger partial charge in [-0.2, -0.15) is 8.42 Å². The van der Waals surface area contributed by atoms with Crippen molar-refractivity contribution in [1.82, 2.24) is 5.32 Å². The van der Waals surface area contributed by atoms with Crippen molar-refractivity contribution >= 4 is 16.0 Å². The molecule has 20 heavy (non-hydrogen) atoms. The molecule has 0 bridgehead atoms. The molecule has 0 unspecified atom stereocenters. The summed E-state index contributed by atoms with van der Waals surface area (Å²) in [4.78, 5) is 10.3. The van der Waals surface area contributed by atoms with E-state index < -0.39 is 16.2 Å². The van der Waals surface area contributed by atoms with Gasteiger partial charge in [0.25, 0.3) is 10.1 Å². The van der Waals surface area contributed by atoms with Crippen molar-refractivity contribution in [2.75, 3.05) is 6.54 Å². The monoisotopic (exact) mass is 302 g/mol. The smallest absolute Gasteiger partial charge is 0.294 e. The standard InChI is InChI=1S/C7H8O3S.C5H10N2O2/c1-6-2-4-7(5-3-6)11(8,9)10;6-5(9)4-1-3(8)2-7-4/h2-5H,1H3,(H,8,9,10);3-4,7-8H,1-2H2,(H2,6,9)/t;3-,4-/m.0/s1. The Morgan fingerprint density at radius 1 is 1.35 bits per heavy atom. The van der Waals surface area contributed by atoms with Crippen LogP contribution in [0.4, 0.5) is 0 Å². The number of primary amides is 1. The predicted molar refractivity (Wildman–Crippen MR) is 72.6 cm³/mol. The molecule has 2 rings (SSSR count). The van der Waals surface area contributed by atoms with Crippen molar-refractivity contribution < 1.29 is 22.9 Å². The van der Waals surface area contributed by atoms with Gasteiger partial charge in [-0.1, -0.05) is 17.7 Å². The largest absolute Gasteiger partial charge is 0.392 e. The Morgan fingerprint density at radius 2 is 1.90 bits per heavy atom. The van der Waals surface area contributed by atoms with Crippen molar-refractivity contribution in [2.24, 2.45) is 5.73 Å². The lowest BCUT2D eigenvalue weighted by Crippen LogP contribution is -2.36. The first kappa shape index (κ1) is 16.6. The summed E-state index contributed by atoms with van der Waals surface area (Å²) in [5.74, 6) is -0.383. The van der Waals surface area contributed by atoms with E-state index >= 15 is 0 Å². The number of aryl methyl sites for hydroxylation is 1. The number of amides is 1. The maximum absolute atomic E-state index is 10.5. The number of rotatable bonds is 2. The lowest BCUT2D eigenvalue weighted by atomic mass is 10.2. The van der Waals surface area contributed by atoms with E-state index in [2.05, 4.69) is 5.32 Å². The molecule has 1 aromatic carbocycles. The SMILES string of the molecule is Cc1ccc(S(=O)(=O)O)cc1.NC(=O)[C@@H]1C[C@H](O)CN1. The first-order valence-corrected chi connectivity index (χ1v) is 7.39. The minimum absolute atomic E-state index is 0.0666. The van der Waals surface area contributed by atoms with E-state index in [1.54, 1.807) is 12.1 Å². The van der Waals surface area contributed by atoms with Gasteiger partial charge in [0.1, 0.15) is 0 Å². The average molecular weight is 302 g/mol. The molecule has 7 nitrogen and oxygen atoms in total. The molecule has 112 valence electrons. The number of carbonyl (C=O) groups is 1. The minimum Gasteiger partial charge on any atom is -0.392 e. The highest BCUT2D eigenvalue weighted by molar-refractivity contribution is 7.85. The Hall–Kier alpha value is -1.48. The first-order valence-electron chi connectivity index (χ1n) is 5.95. The topological polar surface area (TPSA) is 130 Å². The van der Waals surface area contributed by atoms with Crippen molar-refractivity contribution in [2.45, 2.75) is 30.4 Å². The number of aliphatic hydroxyl groups is 1. The molecule has 0 saturated carbocycles. The van der Waals surface area contributed by atoms with E-state index in [4.69, 9.17) is 15.4 Å². The summed E-state index contributed by atoms with van der Waals surface area (Å²) in [5.41, 5.74) is 5.90. The second kappa shape index (κ2) is 6.80. The fourth-order valence-electron chi connectivity index (χ4n) is 1.64. The number of carbonyl (C=O) groups excluding carboxylic acids is 1. The maximum atomic E-state index is 10.5. The van der Waals surface area contributed by atoms with E-state index in [9.17, 15) is 13.2 Å². The van der Waals surface area contributed by atoms with E-state index in [-0.39, 0.29) is 16.8 Å². The normalized spacial score (nSPS) is 21.9. The van der Waals surface area contributed by atoms with Crippen molar-refractivity contribution in [3.63, 3.8) is 0 Å². The molecule has 1 aliphatic heterocycles. The zero-order valence-electron chi connectivity index (χ0n) is 11.0. The van der Waals surface area contributed by atoms with E-state index in [0.717, 1.165) is 5.56 Å². The molecule has 1 amide bonds. The zero-order chi connectivity index (χ0) is 15.3. The predicted octanol–water partition coefficient (Wildman–Crippen LogP) is -0.564. The van der Waals surface area contributed by atoms with Gasteiger partial charge >= 0.3 is 0 Å². The van der Waals surface area contributed by atoms with Crippen LogP contribution in [-0.4, -0.2) is 42.7 Å². The van der Waals surface area contributed by atoms with Gasteiger partial charge in [-0.25, -0.2) is 0 Å². The van der Waals surface area contributed by atoms with Crippen LogP contribution in [-0.2, 0) is 14.9 Å². The van der Waals surface area contributed by atoms with Crippen LogP contribution < -0.4 is 11.1 Å². The number of benzene rings is 1. The van der Waals surface area contributed by atoms with E-state index in [1.807, 2.05) is 6.92 Å². The number of β-amino-alcohol motifs (C(OH)–C–C–N with tert-alkyl or cyclic N) is 1. The molecule has 2 atom stereocenters. The summed E-state index contributed by atoms with van der Waals surface area (Å²) in [6.07, 6.45) is 0.0532. The van der Waals surface area contributed by atoms with Crippen LogP contribution in [0.2, 0.25) is 0 Å². The van der Waals surface area contributed by atoms with Crippen molar-refractivity contribution in [3.8, 4) is 0 Å². The van der Waals surface area contributed by atoms with Gasteiger partial charge in [0.2, 0.25) is 5.91 Å². The Labute approximate surface area is 117 Å². The van der Waals surface area contributed by atoms with E-state index in [0.29, 0.717) is 13.0 Å². The molecule has 8 heteroatoms. The van der Waals surface area contributed by atoms with Crippen molar-refractivity contribution in [1.29, 1.82) is 0 Å². The molecule has 0 aromatic heterocycles. The van der Waals surface area contributed by atoms with Gasteiger partial charge in [0.05, 0.1) is 17.0 Å². The Bertz CT molecular complexity index is 556. The second-order valence-electron chi connectivity index (χ2n) is 4.54. The zero-order valence-corrected chi connectivity index (χ0v) is 11.8. The van der Waals surface area contributed by atoms with Crippen LogP contribution in [0.15, 0.2) is 29.2 Å². The molecule has 0 spiro atoms. The van der Waals surface area contributed by atoms with Crippen LogP contribution in [0.25, 0.3) is 0 Å². The number of aliphatic hydroxyl groups excluding tert-OH is 1. The lowest BCUT2D eigenvalue weighted by molar-refractivity contribution is -0.119. The third-order valence-electron chi connectivity index (χ3n) is 2.77. The molecule has 1 fully saturated rings. The summed E-state index contributed by atoms with van der Waals surface area (Å²) >= 11 is 0. The Morgan fingerprint density at radius 3 is 2.20 bits per heavy atom. The van der Waals surface area contributed by atoms with Crippen molar-refractivity contribution in [3.05, 3.63) is 29.8 Å². The lowest BCUT2D eigenvalue weighted by Gasteiger charge is -2.01. The van der Waals surface area contributed by atoms with Gasteiger partial charge in [-0.3, -0.25) is 9.35 Å². The summed E-state index contributed by atoms with van der Waals surface area (Å²) in [5, 5.41) is 11.7. The fourth-order valence-corrected chi connectivity index (χ4v) is 2.12. The Balaban J connectivity index is 0.000000204.